The van der Waals surface area contributed by atoms with Crippen molar-refractivity contribution >= 4 is 0 Å². The standard InChI is InChI=1S/C14H24N6/c1-5-6-15-9-14-10-19(18-16-14)7-8-20-13(4)11(2)12(3)17-20/h10,15H,5-9H2,1-4H3. The molecule has 6 nitrogen and oxygen atoms in total. The van der Waals surface area contributed by atoms with Gasteiger partial charge in [-0.2, -0.15) is 5.10 Å². The van der Waals surface area contributed by atoms with Crippen LogP contribution in [0.2, 0.25) is 0 Å². The minimum absolute atomic E-state index is 0.785. The molecule has 2 rings (SSSR count). The van der Waals surface area contributed by atoms with Crippen molar-refractivity contribution < 1.29 is 0 Å². The molecule has 0 aliphatic rings. The van der Waals surface area contributed by atoms with E-state index in [2.05, 4.69) is 41.5 Å². The molecule has 0 radical (unpaired) electrons. The topological polar surface area (TPSA) is 60.6 Å². The summed E-state index contributed by atoms with van der Waals surface area (Å²) < 4.78 is 3.93. The average Bonchev–Trinajstić information content (AvgIpc) is 2.98. The van der Waals surface area contributed by atoms with Crippen LogP contribution in [0.1, 0.15) is 36.0 Å². The average molecular weight is 276 g/mol. The summed E-state index contributed by atoms with van der Waals surface area (Å²) in [6, 6.07) is 0. The van der Waals surface area contributed by atoms with Crippen LogP contribution >= 0.6 is 0 Å². The van der Waals surface area contributed by atoms with Crippen LogP contribution < -0.4 is 5.32 Å². The third kappa shape index (κ3) is 3.45. The summed E-state index contributed by atoms with van der Waals surface area (Å²) >= 11 is 0. The largest absolute Gasteiger partial charge is 0.311 e. The van der Waals surface area contributed by atoms with Crippen LogP contribution in [-0.4, -0.2) is 31.3 Å². The van der Waals surface area contributed by atoms with E-state index < -0.39 is 0 Å². The first-order chi connectivity index (χ1) is 9.61. The van der Waals surface area contributed by atoms with E-state index in [1.807, 2.05) is 22.5 Å². The van der Waals surface area contributed by atoms with E-state index in [4.69, 9.17) is 0 Å². The molecule has 0 bridgehead atoms. The van der Waals surface area contributed by atoms with Crippen molar-refractivity contribution in [2.75, 3.05) is 6.54 Å². The zero-order chi connectivity index (χ0) is 14.5. The van der Waals surface area contributed by atoms with Gasteiger partial charge >= 0.3 is 0 Å². The van der Waals surface area contributed by atoms with Crippen molar-refractivity contribution in [3.05, 3.63) is 28.8 Å². The van der Waals surface area contributed by atoms with Crippen molar-refractivity contribution in [3.63, 3.8) is 0 Å². The summed E-state index contributed by atoms with van der Waals surface area (Å²) in [6.07, 6.45) is 3.13. The first-order valence-electron chi connectivity index (χ1n) is 7.22. The Morgan fingerprint density at radius 3 is 2.65 bits per heavy atom. The number of nitrogens with zero attached hydrogens (tertiary/aromatic N) is 5. The molecule has 0 aliphatic carbocycles. The third-order valence-electron chi connectivity index (χ3n) is 3.60. The van der Waals surface area contributed by atoms with Gasteiger partial charge in [-0.1, -0.05) is 12.1 Å². The zero-order valence-electron chi connectivity index (χ0n) is 12.8. The number of hydrogen-bond acceptors (Lipinski definition) is 4. The van der Waals surface area contributed by atoms with Crippen LogP contribution in [0.4, 0.5) is 0 Å². The fourth-order valence-corrected chi connectivity index (χ4v) is 2.12. The van der Waals surface area contributed by atoms with Crippen LogP contribution in [0.5, 0.6) is 0 Å². The molecule has 0 saturated heterocycles. The predicted molar refractivity (Wildman–Crippen MR) is 78.5 cm³/mol. The van der Waals surface area contributed by atoms with Crippen molar-refractivity contribution in [1.82, 2.24) is 30.1 Å². The number of hydrogen-bond donors (Lipinski definition) is 1. The Labute approximate surface area is 120 Å². The quantitative estimate of drug-likeness (QED) is 0.780. The van der Waals surface area contributed by atoms with Gasteiger partial charge in [0.15, 0.2) is 0 Å². The van der Waals surface area contributed by atoms with E-state index >= 15 is 0 Å². The lowest BCUT2D eigenvalue weighted by Crippen LogP contribution is -2.14. The Kier molecular flexibility index (Phi) is 4.89. The monoisotopic (exact) mass is 276 g/mol. The van der Waals surface area contributed by atoms with Crippen molar-refractivity contribution in [3.8, 4) is 0 Å². The molecule has 6 heteroatoms. The van der Waals surface area contributed by atoms with Gasteiger partial charge in [0.05, 0.1) is 24.5 Å². The molecule has 0 aromatic carbocycles. The Hall–Kier alpha value is -1.69. The van der Waals surface area contributed by atoms with Gasteiger partial charge in [-0.3, -0.25) is 9.36 Å². The first-order valence-corrected chi connectivity index (χ1v) is 7.22. The molecule has 0 unspecified atom stereocenters. The van der Waals surface area contributed by atoms with Crippen molar-refractivity contribution in [2.45, 2.75) is 53.8 Å². The molecular formula is C14H24N6. The lowest BCUT2D eigenvalue weighted by Gasteiger charge is -2.04. The maximum absolute atomic E-state index is 4.54. The van der Waals surface area contributed by atoms with Gasteiger partial charge in [-0.15, -0.1) is 5.10 Å². The van der Waals surface area contributed by atoms with Crippen LogP contribution in [-0.2, 0) is 19.6 Å². The minimum atomic E-state index is 0.785. The second-order valence-electron chi connectivity index (χ2n) is 5.17. The van der Waals surface area contributed by atoms with E-state index in [-0.39, 0.29) is 0 Å². The Bertz CT molecular complexity index is 554. The second kappa shape index (κ2) is 6.65. The highest BCUT2D eigenvalue weighted by molar-refractivity contribution is 5.21. The zero-order valence-corrected chi connectivity index (χ0v) is 12.8. The first kappa shape index (κ1) is 14.7. The molecule has 0 fully saturated rings. The fraction of sp³-hybridized carbons (Fsp3) is 0.643. The van der Waals surface area contributed by atoms with Crippen molar-refractivity contribution in [1.29, 1.82) is 0 Å². The SMILES string of the molecule is CCCNCc1cn(CCn2nc(C)c(C)c2C)nn1. The highest BCUT2D eigenvalue weighted by atomic mass is 15.4. The number of aryl methyl sites for hydroxylation is 3. The molecule has 0 saturated carbocycles. The molecular weight excluding hydrogens is 252 g/mol. The smallest absolute Gasteiger partial charge is 0.0964 e. The second-order valence-corrected chi connectivity index (χ2v) is 5.17. The molecule has 110 valence electrons. The summed E-state index contributed by atoms with van der Waals surface area (Å²) in [5.74, 6) is 0. The van der Waals surface area contributed by atoms with E-state index in [1.54, 1.807) is 0 Å². The van der Waals surface area contributed by atoms with E-state index in [1.165, 1.54) is 11.3 Å². The van der Waals surface area contributed by atoms with Crippen LogP contribution in [0.25, 0.3) is 0 Å². The summed E-state index contributed by atoms with van der Waals surface area (Å²) in [6.45, 7) is 11.8. The maximum atomic E-state index is 4.54. The lowest BCUT2D eigenvalue weighted by molar-refractivity contribution is 0.481. The summed E-state index contributed by atoms with van der Waals surface area (Å²) in [5, 5.41) is 16.2. The predicted octanol–water partition coefficient (Wildman–Crippen LogP) is 1.60. The molecule has 1 N–H and O–H groups in total. The number of nitrogens with one attached hydrogen (secondary N) is 1. The molecule has 0 atom stereocenters. The molecule has 2 aromatic heterocycles. The van der Waals surface area contributed by atoms with E-state index in [0.29, 0.717) is 0 Å². The van der Waals surface area contributed by atoms with Gasteiger partial charge in [-0.05, 0) is 39.3 Å². The van der Waals surface area contributed by atoms with Crippen molar-refractivity contribution in [2.24, 2.45) is 0 Å². The molecule has 2 aromatic rings. The minimum Gasteiger partial charge on any atom is -0.311 e. The van der Waals surface area contributed by atoms with Gasteiger partial charge in [0, 0.05) is 18.4 Å². The molecule has 2 heterocycles. The summed E-state index contributed by atoms with van der Waals surface area (Å²) in [5.41, 5.74) is 4.59. The molecule has 0 aliphatic heterocycles. The maximum Gasteiger partial charge on any atom is 0.0964 e. The highest BCUT2D eigenvalue weighted by Crippen LogP contribution is 2.10. The van der Waals surface area contributed by atoms with Crippen LogP contribution in [0, 0.1) is 20.8 Å². The Morgan fingerprint density at radius 2 is 2.00 bits per heavy atom. The highest BCUT2D eigenvalue weighted by Gasteiger charge is 2.07. The normalized spacial score (nSPS) is 11.2. The Balaban J connectivity index is 1.89. The van der Waals surface area contributed by atoms with Gasteiger partial charge in [-0.25, -0.2) is 0 Å². The van der Waals surface area contributed by atoms with E-state index in [9.17, 15) is 0 Å². The Morgan fingerprint density at radius 1 is 1.20 bits per heavy atom. The fourth-order valence-electron chi connectivity index (χ4n) is 2.12. The number of aromatic nitrogens is 5. The van der Waals surface area contributed by atoms with Gasteiger partial charge in [0.25, 0.3) is 0 Å². The third-order valence-corrected chi connectivity index (χ3v) is 3.60. The molecule has 20 heavy (non-hydrogen) atoms. The van der Waals surface area contributed by atoms with Gasteiger partial charge in [0.1, 0.15) is 0 Å². The summed E-state index contributed by atoms with van der Waals surface area (Å²) in [7, 11) is 0. The van der Waals surface area contributed by atoms with Gasteiger partial charge in [0.2, 0.25) is 0 Å². The number of rotatable bonds is 7. The lowest BCUT2D eigenvalue weighted by atomic mass is 10.2. The van der Waals surface area contributed by atoms with Crippen LogP contribution in [0.3, 0.4) is 0 Å². The van der Waals surface area contributed by atoms with E-state index in [0.717, 1.165) is 44.0 Å². The van der Waals surface area contributed by atoms with Crippen LogP contribution in [0.15, 0.2) is 6.20 Å². The van der Waals surface area contributed by atoms with Gasteiger partial charge < -0.3 is 5.32 Å². The molecule has 0 spiro atoms. The molecule has 0 amide bonds. The summed E-state index contributed by atoms with van der Waals surface area (Å²) in [4.78, 5) is 0.